The first kappa shape index (κ1) is 42.4. The first-order valence-electron chi connectivity index (χ1n) is 12.0. The third-order valence-corrected chi connectivity index (χ3v) is 6.35. The summed E-state index contributed by atoms with van der Waals surface area (Å²) >= 11 is 3.35. The van der Waals surface area contributed by atoms with E-state index >= 15 is 0 Å². The van der Waals surface area contributed by atoms with Crippen LogP contribution in [0.15, 0.2) is 0 Å². The number of hydrogen-bond acceptors (Lipinski definition) is 1. The Kier molecular flexibility index (Phi) is 12.7. The monoisotopic (exact) mass is 719 g/mol. The fourth-order valence-corrected chi connectivity index (χ4v) is 3.39. The number of rotatable bonds is 19. The zero-order valence-corrected chi connectivity index (χ0v) is 22.5. The topological polar surface area (TPSA) is 29.1 Å². The molecule has 0 unspecified atom stereocenters. The molecule has 1 N–H and O–H groups in total. The van der Waals surface area contributed by atoms with Crippen LogP contribution in [0, 0.1) is 0 Å². The van der Waals surface area contributed by atoms with E-state index in [9.17, 15) is 92.6 Å². The van der Waals surface area contributed by atoms with Crippen LogP contribution in [0.3, 0.4) is 0 Å². The van der Waals surface area contributed by atoms with Crippen LogP contribution in [0.2, 0.25) is 0 Å². The van der Waals surface area contributed by atoms with Crippen LogP contribution < -0.4 is 5.32 Å². The maximum absolute atomic E-state index is 13.9. The maximum Gasteiger partial charge on any atom is 0.393 e. The molecule has 0 fully saturated rings. The number of carbonyl (C=O) groups is 1. The Hall–Kier alpha value is -1.64. The summed E-state index contributed by atoms with van der Waals surface area (Å²) in [6.45, 7) is 0.829. The quantitative estimate of drug-likeness (QED) is 0.0804. The van der Waals surface area contributed by atoms with Crippen LogP contribution in [0.1, 0.15) is 58.3 Å². The molecule has 0 aromatic heterocycles. The molecule has 0 aromatic rings. The Labute approximate surface area is 239 Å². The van der Waals surface area contributed by atoms with E-state index in [1.165, 1.54) is 0 Å². The summed E-state index contributed by atoms with van der Waals surface area (Å²) in [5.41, 5.74) is 0. The van der Waals surface area contributed by atoms with E-state index < -0.39 is 71.1 Å². The third kappa shape index (κ3) is 6.73. The van der Waals surface area contributed by atoms with E-state index in [1.807, 2.05) is 6.92 Å². The lowest BCUT2D eigenvalue weighted by Gasteiger charge is -2.44. The smallest absolute Gasteiger partial charge is 0.351 e. The van der Waals surface area contributed by atoms with E-state index in [2.05, 4.69) is 11.6 Å². The molecular weight excluding hydrogens is 698 g/mol. The van der Waals surface area contributed by atoms with E-state index in [1.54, 1.807) is 0 Å². The molecule has 264 valence electrons. The molecule has 0 radical (unpaired) electrons. The van der Waals surface area contributed by atoms with Crippen LogP contribution in [-0.4, -0.2) is 71.1 Å². The molecule has 23 heteroatoms. The fraction of sp³-hybridized carbons (Fsp3) is 0.952. The highest BCUT2D eigenvalue weighted by atomic mass is 35.5. The minimum Gasteiger partial charge on any atom is -0.351 e. The van der Waals surface area contributed by atoms with Crippen molar-refractivity contribution in [3.05, 3.63) is 0 Å². The van der Waals surface area contributed by atoms with Gasteiger partial charge in [0.1, 0.15) is 0 Å². The van der Waals surface area contributed by atoms with Gasteiger partial charge in [0.05, 0.1) is 0 Å². The largest absolute Gasteiger partial charge is 0.393 e. The zero-order chi connectivity index (χ0) is 35.6. The molecule has 0 saturated heterocycles. The molecule has 0 bridgehead atoms. The van der Waals surface area contributed by atoms with Gasteiger partial charge in [-0.15, -0.1) is 0 Å². The number of unbranched alkanes of at least 4 members (excludes halogenated alkanes) is 7. The Morgan fingerprint density at radius 3 is 1.05 bits per heavy atom. The third-order valence-electron chi connectivity index (χ3n) is 6.11. The number of alkyl halides is 21. The van der Waals surface area contributed by atoms with Gasteiger partial charge >= 0.3 is 58.7 Å². The van der Waals surface area contributed by atoms with Gasteiger partial charge in [0.25, 0.3) is 5.91 Å². The van der Waals surface area contributed by atoms with Crippen LogP contribution >= 0.6 is 11.6 Å². The van der Waals surface area contributed by atoms with Gasteiger partial charge in [0, 0.05) is 6.54 Å². The van der Waals surface area contributed by atoms with Crippen molar-refractivity contribution in [1.82, 2.24) is 5.32 Å². The highest BCUT2D eigenvalue weighted by molar-refractivity contribution is 6.22. The minimum absolute atomic E-state index is 0.0808. The summed E-state index contributed by atoms with van der Waals surface area (Å²) in [6, 6.07) is 0. The summed E-state index contributed by atoms with van der Waals surface area (Å²) < 4.78 is 271. The van der Waals surface area contributed by atoms with Crippen molar-refractivity contribution in [2.24, 2.45) is 0 Å². The normalized spacial score (nSPS) is 15.5. The molecule has 0 atom stereocenters. The van der Waals surface area contributed by atoms with E-state index in [0.717, 1.165) is 24.6 Å². The predicted molar refractivity (Wildman–Crippen MR) is 111 cm³/mol. The lowest BCUT2D eigenvalue weighted by molar-refractivity contribution is -0.464. The van der Waals surface area contributed by atoms with E-state index in [-0.39, 0.29) is 12.8 Å². The van der Waals surface area contributed by atoms with E-state index in [4.69, 9.17) is 0 Å². The molecule has 0 spiro atoms. The second-order valence-corrected chi connectivity index (χ2v) is 9.87. The summed E-state index contributed by atoms with van der Waals surface area (Å²) in [4.78, 5) is 11.4. The lowest BCUT2D eigenvalue weighted by atomic mass is 9.86. The summed E-state index contributed by atoms with van der Waals surface area (Å²) in [5.74, 6) is -80.8. The van der Waals surface area contributed by atoms with Gasteiger partial charge < -0.3 is 5.32 Å². The SMILES string of the molecule is CCCCCCCCCCNC(=O)C(F)(F)C(F)(F)C(F)(F)C(F)(F)C(F)(F)C(F)(F)C(F)(F)C(F)(F)C(F)(F)C(F)(F)Cl. The van der Waals surface area contributed by atoms with Gasteiger partial charge in [-0.25, -0.2) is 0 Å². The van der Waals surface area contributed by atoms with Crippen molar-refractivity contribution >= 4 is 17.5 Å². The molecular formula is C21H22ClF20NO. The Morgan fingerprint density at radius 2 is 0.727 bits per heavy atom. The summed E-state index contributed by atoms with van der Waals surface area (Å²) in [7, 11) is 0. The number of hydrogen-bond donors (Lipinski definition) is 1. The molecule has 0 saturated carbocycles. The van der Waals surface area contributed by atoms with Crippen LogP contribution in [-0.2, 0) is 4.79 Å². The van der Waals surface area contributed by atoms with Crippen molar-refractivity contribution in [3.8, 4) is 0 Å². The second kappa shape index (κ2) is 13.2. The van der Waals surface area contributed by atoms with Crippen molar-refractivity contribution in [2.75, 3.05) is 6.54 Å². The van der Waals surface area contributed by atoms with Crippen LogP contribution in [0.5, 0.6) is 0 Å². The summed E-state index contributed by atoms with van der Waals surface area (Å²) in [5, 5.41) is -6.22. The molecule has 1 amide bonds. The lowest BCUT2D eigenvalue weighted by Crippen LogP contribution is -2.77. The minimum atomic E-state index is -9.15. The molecule has 0 aliphatic heterocycles. The standard InChI is InChI=1S/C21H22ClF20NO/c1-2-3-4-5-6-7-8-9-10-43-11(44)12(23,24)13(25,26)14(27,28)15(29,30)16(31,32)17(33,34)18(35,36)19(37,38)20(39,40)21(22,41)42/h2-10H2,1H3,(H,43,44). The number of carbonyl (C=O) groups excluding carboxylic acids is 1. The van der Waals surface area contributed by atoms with Gasteiger partial charge in [0.15, 0.2) is 0 Å². The van der Waals surface area contributed by atoms with Crippen molar-refractivity contribution in [3.63, 3.8) is 0 Å². The van der Waals surface area contributed by atoms with Gasteiger partial charge in [0.2, 0.25) is 0 Å². The Bertz CT molecular complexity index is 962. The zero-order valence-electron chi connectivity index (χ0n) is 21.7. The highest BCUT2D eigenvalue weighted by Crippen LogP contribution is 2.66. The van der Waals surface area contributed by atoms with Crippen molar-refractivity contribution in [2.45, 2.75) is 117 Å². The van der Waals surface area contributed by atoms with Gasteiger partial charge in [-0.05, 0) is 18.0 Å². The van der Waals surface area contributed by atoms with Gasteiger partial charge in [-0.3, -0.25) is 4.79 Å². The first-order chi connectivity index (χ1) is 19.2. The predicted octanol–water partition coefficient (Wildman–Crippen LogP) is 9.79. The number of amides is 1. The first-order valence-corrected chi connectivity index (χ1v) is 12.4. The molecule has 0 rings (SSSR count). The average molecular weight is 720 g/mol. The van der Waals surface area contributed by atoms with Crippen molar-refractivity contribution < 1.29 is 92.6 Å². The van der Waals surface area contributed by atoms with Gasteiger partial charge in [-0.2, -0.15) is 87.8 Å². The average Bonchev–Trinajstić information content (AvgIpc) is 2.85. The van der Waals surface area contributed by atoms with Crippen LogP contribution in [0.4, 0.5) is 87.8 Å². The number of halogens is 21. The molecule has 2 nitrogen and oxygen atoms in total. The highest BCUT2D eigenvalue weighted by Gasteiger charge is 2.98. The van der Waals surface area contributed by atoms with Crippen molar-refractivity contribution in [1.29, 1.82) is 0 Å². The summed E-state index contributed by atoms with van der Waals surface area (Å²) in [6.07, 6.45) is 3.89. The molecule has 0 aromatic carbocycles. The fourth-order valence-electron chi connectivity index (χ4n) is 3.27. The maximum atomic E-state index is 13.9. The molecule has 0 heterocycles. The van der Waals surface area contributed by atoms with E-state index in [0.29, 0.717) is 19.3 Å². The van der Waals surface area contributed by atoms with Gasteiger partial charge in [-0.1, -0.05) is 51.9 Å². The Balaban J connectivity index is 6.27. The molecule has 0 aliphatic rings. The number of nitrogens with one attached hydrogen (secondary N) is 1. The molecule has 44 heavy (non-hydrogen) atoms. The van der Waals surface area contributed by atoms with Crippen LogP contribution in [0.25, 0.3) is 0 Å². The Morgan fingerprint density at radius 1 is 0.455 bits per heavy atom. The second-order valence-electron chi connectivity index (χ2n) is 9.40. The molecule has 0 aliphatic carbocycles.